The van der Waals surface area contributed by atoms with E-state index in [0.717, 1.165) is 66.7 Å². The van der Waals surface area contributed by atoms with Crippen LogP contribution in [0.25, 0.3) is 10.9 Å². The van der Waals surface area contributed by atoms with Gasteiger partial charge in [-0.1, -0.05) is 12.1 Å². The summed E-state index contributed by atoms with van der Waals surface area (Å²) in [6.07, 6.45) is 1.76. The standard InChI is InChI=1S/C31H34F2N4O3/c32-31(33)19-36(15-20-3-7-27-21(12-20)4-8-28(35-27)22-9-11-39-18-22)17-29(31)40-25-5-6-26-23(13-25)16-37(30(26)38)24-2-1-10-34-14-24/h3-8,12-13,22,24,29,34H,1-2,9-11,14-19H2/t22-,24?,29+/m0/s1. The number of piperidine rings is 1. The van der Waals surface area contributed by atoms with Gasteiger partial charge in [0.1, 0.15) is 5.75 Å². The van der Waals surface area contributed by atoms with Crippen LogP contribution in [0.5, 0.6) is 5.75 Å². The van der Waals surface area contributed by atoms with Crippen molar-refractivity contribution in [3.8, 4) is 5.75 Å². The van der Waals surface area contributed by atoms with Crippen LogP contribution in [0, 0.1) is 0 Å². The highest BCUT2D eigenvalue weighted by Crippen LogP contribution is 2.35. The molecule has 9 heteroatoms. The SMILES string of the molecule is O=C1c2ccc(O[C@@H]3CN(Cc4ccc5nc([C@H]6CCOC6)ccc5c4)CC3(F)F)cc2CN1C1CCCNC1. The maximum absolute atomic E-state index is 15.1. The first-order chi connectivity index (χ1) is 19.4. The number of pyridine rings is 1. The molecule has 7 nitrogen and oxygen atoms in total. The molecular weight excluding hydrogens is 514 g/mol. The molecule has 1 amide bonds. The summed E-state index contributed by atoms with van der Waals surface area (Å²) in [7, 11) is 0. The largest absolute Gasteiger partial charge is 0.483 e. The monoisotopic (exact) mass is 548 g/mol. The van der Waals surface area contributed by atoms with E-state index in [9.17, 15) is 4.79 Å². The number of benzene rings is 2. The van der Waals surface area contributed by atoms with Gasteiger partial charge in [-0.15, -0.1) is 0 Å². The lowest BCUT2D eigenvalue weighted by atomic mass is 10.0. The average Bonchev–Trinajstić information content (AvgIpc) is 3.67. The van der Waals surface area contributed by atoms with Gasteiger partial charge in [0, 0.05) is 61.4 Å². The molecule has 1 unspecified atom stereocenters. The second-order valence-electron chi connectivity index (χ2n) is 11.6. The first-order valence-electron chi connectivity index (χ1n) is 14.3. The minimum Gasteiger partial charge on any atom is -0.483 e. The van der Waals surface area contributed by atoms with Crippen LogP contribution in [0.3, 0.4) is 0 Å². The van der Waals surface area contributed by atoms with Gasteiger partial charge < -0.3 is 19.7 Å². The summed E-state index contributed by atoms with van der Waals surface area (Å²) in [4.78, 5) is 21.4. The fourth-order valence-corrected chi connectivity index (χ4v) is 6.57. The van der Waals surface area contributed by atoms with Crippen LogP contribution >= 0.6 is 0 Å². The lowest BCUT2D eigenvalue weighted by Crippen LogP contribution is -2.46. The molecule has 210 valence electrons. The van der Waals surface area contributed by atoms with E-state index >= 15 is 8.78 Å². The van der Waals surface area contributed by atoms with Crippen molar-refractivity contribution >= 4 is 16.8 Å². The molecule has 0 aliphatic carbocycles. The van der Waals surface area contributed by atoms with E-state index in [2.05, 4.69) is 17.4 Å². The van der Waals surface area contributed by atoms with Crippen LogP contribution in [-0.2, 0) is 17.8 Å². The van der Waals surface area contributed by atoms with Gasteiger partial charge in [0.2, 0.25) is 0 Å². The Bertz CT molecular complexity index is 1420. The molecule has 0 radical (unpaired) electrons. The fourth-order valence-electron chi connectivity index (χ4n) is 6.57. The van der Waals surface area contributed by atoms with Crippen molar-refractivity contribution in [1.29, 1.82) is 0 Å². The number of alkyl halides is 2. The zero-order valence-electron chi connectivity index (χ0n) is 22.5. The Morgan fingerprint density at radius 2 is 2.05 bits per heavy atom. The van der Waals surface area contributed by atoms with Crippen molar-refractivity contribution in [2.24, 2.45) is 0 Å². The van der Waals surface area contributed by atoms with Crippen LogP contribution in [0.1, 0.15) is 52.4 Å². The predicted octanol–water partition coefficient (Wildman–Crippen LogP) is 4.35. The third kappa shape index (κ3) is 4.95. The summed E-state index contributed by atoms with van der Waals surface area (Å²) < 4.78 is 41.5. The number of halogens is 2. The van der Waals surface area contributed by atoms with Crippen LogP contribution < -0.4 is 10.1 Å². The number of hydrogen-bond donors (Lipinski definition) is 1. The first-order valence-corrected chi connectivity index (χ1v) is 14.3. The summed E-state index contributed by atoms with van der Waals surface area (Å²) in [6.45, 7) is 3.93. The Labute approximate surface area is 232 Å². The van der Waals surface area contributed by atoms with Gasteiger partial charge in [0.15, 0.2) is 6.10 Å². The normalized spacial score (nSPS) is 26.5. The minimum absolute atomic E-state index is 0.0157. The Hall–Kier alpha value is -3.14. The van der Waals surface area contributed by atoms with Crippen LogP contribution in [0.15, 0.2) is 48.5 Å². The van der Waals surface area contributed by atoms with E-state index < -0.39 is 12.0 Å². The fraction of sp³-hybridized carbons (Fsp3) is 0.484. The maximum atomic E-state index is 15.1. The zero-order chi connectivity index (χ0) is 27.3. The second kappa shape index (κ2) is 10.4. The van der Waals surface area contributed by atoms with Gasteiger partial charge in [-0.25, -0.2) is 8.78 Å². The molecule has 0 saturated carbocycles. The number of amides is 1. The van der Waals surface area contributed by atoms with Crippen LogP contribution in [0.4, 0.5) is 8.78 Å². The summed E-state index contributed by atoms with van der Waals surface area (Å²) in [5.74, 6) is -2.23. The van der Waals surface area contributed by atoms with Gasteiger partial charge in [-0.2, -0.15) is 0 Å². The van der Waals surface area contributed by atoms with Crippen molar-refractivity contribution in [1.82, 2.24) is 20.1 Å². The number of fused-ring (bicyclic) bond motifs is 2. The van der Waals surface area contributed by atoms with E-state index in [1.165, 1.54) is 0 Å². The Morgan fingerprint density at radius 3 is 2.88 bits per heavy atom. The van der Waals surface area contributed by atoms with E-state index in [1.54, 1.807) is 23.1 Å². The lowest BCUT2D eigenvalue weighted by molar-refractivity contribution is -0.0620. The summed E-state index contributed by atoms with van der Waals surface area (Å²) in [5, 5.41) is 4.36. The number of carbonyl (C=O) groups excluding carboxylic acids is 1. The molecule has 0 bridgehead atoms. The molecule has 3 saturated heterocycles. The van der Waals surface area contributed by atoms with Crippen LogP contribution in [0.2, 0.25) is 0 Å². The number of nitrogens with zero attached hydrogens (tertiary/aromatic N) is 3. The lowest BCUT2D eigenvalue weighted by Gasteiger charge is -2.31. The molecule has 0 spiro atoms. The molecule has 4 aliphatic heterocycles. The Kier molecular flexibility index (Phi) is 6.68. The van der Waals surface area contributed by atoms with Crippen molar-refractivity contribution in [3.63, 3.8) is 0 Å². The van der Waals surface area contributed by atoms with Crippen LogP contribution in [-0.4, -0.2) is 78.2 Å². The number of likely N-dealkylation sites (tertiary alicyclic amines) is 1. The van der Waals surface area contributed by atoms with E-state index in [1.807, 2.05) is 23.1 Å². The third-order valence-electron chi connectivity index (χ3n) is 8.76. The smallest absolute Gasteiger partial charge is 0.297 e. The van der Waals surface area contributed by atoms with Crippen molar-refractivity contribution in [2.75, 3.05) is 39.4 Å². The maximum Gasteiger partial charge on any atom is 0.297 e. The number of rotatable bonds is 6. The van der Waals surface area contributed by atoms with E-state index in [-0.39, 0.29) is 25.0 Å². The highest BCUT2D eigenvalue weighted by molar-refractivity contribution is 5.98. The molecule has 5 heterocycles. The van der Waals surface area contributed by atoms with Crippen molar-refractivity contribution < 1.29 is 23.0 Å². The average molecular weight is 549 g/mol. The van der Waals surface area contributed by atoms with Gasteiger partial charge in [-0.05, 0) is 73.3 Å². The molecule has 1 N–H and O–H groups in total. The predicted molar refractivity (Wildman–Crippen MR) is 147 cm³/mol. The van der Waals surface area contributed by atoms with Gasteiger partial charge in [0.25, 0.3) is 11.8 Å². The third-order valence-corrected chi connectivity index (χ3v) is 8.76. The molecule has 40 heavy (non-hydrogen) atoms. The Morgan fingerprint density at radius 1 is 1.12 bits per heavy atom. The molecule has 1 aromatic heterocycles. The molecule has 2 aromatic carbocycles. The first kappa shape index (κ1) is 25.8. The van der Waals surface area contributed by atoms with Gasteiger partial charge in [0.05, 0.1) is 18.7 Å². The van der Waals surface area contributed by atoms with Gasteiger partial charge >= 0.3 is 0 Å². The zero-order valence-corrected chi connectivity index (χ0v) is 22.5. The van der Waals surface area contributed by atoms with Crippen molar-refractivity contribution in [3.05, 3.63) is 70.9 Å². The number of ether oxygens (including phenoxy) is 2. The summed E-state index contributed by atoms with van der Waals surface area (Å²) >= 11 is 0. The number of carbonyl (C=O) groups is 1. The topological polar surface area (TPSA) is 66.9 Å². The molecule has 3 atom stereocenters. The number of nitrogens with one attached hydrogen (secondary N) is 1. The number of hydrogen-bond acceptors (Lipinski definition) is 6. The van der Waals surface area contributed by atoms with Gasteiger partial charge in [-0.3, -0.25) is 14.7 Å². The van der Waals surface area contributed by atoms with E-state index in [4.69, 9.17) is 14.5 Å². The highest BCUT2D eigenvalue weighted by Gasteiger charge is 2.50. The number of aromatic nitrogens is 1. The minimum atomic E-state index is -2.98. The second-order valence-corrected chi connectivity index (χ2v) is 11.6. The van der Waals surface area contributed by atoms with Crippen molar-refractivity contribution in [2.45, 2.75) is 56.3 Å². The molecule has 4 aliphatic rings. The van der Waals surface area contributed by atoms with E-state index in [0.29, 0.717) is 36.9 Å². The molecular formula is C31H34F2N4O3. The summed E-state index contributed by atoms with van der Waals surface area (Å²) in [6, 6.07) is 15.4. The molecule has 7 rings (SSSR count). The quantitative estimate of drug-likeness (QED) is 0.494. The summed E-state index contributed by atoms with van der Waals surface area (Å²) in [5.41, 5.74) is 4.42. The molecule has 3 aromatic rings. The molecule has 3 fully saturated rings. The highest BCUT2D eigenvalue weighted by atomic mass is 19.3. The Balaban J connectivity index is 1.01.